The smallest absolute Gasteiger partial charge is 0.329 e. The van der Waals surface area contributed by atoms with Gasteiger partial charge < -0.3 is 10.2 Å². The number of aliphatic carboxylic acids is 1. The van der Waals surface area contributed by atoms with Crippen LogP contribution in [0, 0.1) is 5.82 Å². The van der Waals surface area contributed by atoms with Crippen molar-refractivity contribution in [2.75, 3.05) is 0 Å². The highest BCUT2D eigenvalue weighted by molar-refractivity contribution is 8.16. The van der Waals surface area contributed by atoms with E-state index in [1.54, 1.807) is 0 Å². The number of carboxylic acid groups (broad SMARTS) is 1. The molecule has 0 amide bonds. The van der Waals surface area contributed by atoms with Crippen molar-refractivity contribution >= 4 is 44.3 Å². The summed E-state index contributed by atoms with van der Waals surface area (Å²) in [6.07, 6.45) is 0. The Bertz CT molecular complexity index is 746. The SMILES string of the molecule is CC1(C)SC(c2nc3cc(F)c(O)cc3s2)=N[C@@H]1C(=O)O. The number of hydrogen-bond acceptors (Lipinski definition) is 6. The van der Waals surface area contributed by atoms with Gasteiger partial charge in [0.1, 0.15) is 10.1 Å². The van der Waals surface area contributed by atoms with Crippen LogP contribution in [0.25, 0.3) is 10.2 Å². The van der Waals surface area contributed by atoms with Crippen molar-refractivity contribution in [1.82, 2.24) is 4.98 Å². The number of thiazole rings is 1. The summed E-state index contributed by atoms with van der Waals surface area (Å²) < 4.78 is 13.4. The van der Waals surface area contributed by atoms with Crippen LogP contribution in [0.5, 0.6) is 5.75 Å². The van der Waals surface area contributed by atoms with E-state index in [-0.39, 0.29) is 0 Å². The zero-order valence-corrected chi connectivity index (χ0v) is 12.8. The molecule has 1 atom stereocenters. The highest BCUT2D eigenvalue weighted by Gasteiger charge is 2.43. The van der Waals surface area contributed by atoms with Crippen LogP contribution in [0.1, 0.15) is 18.9 Å². The molecule has 1 aliphatic heterocycles. The number of aromatic nitrogens is 1. The van der Waals surface area contributed by atoms with E-state index in [1.807, 2.05) is 13.8 Å². The largest absolute Gasteiger partial charge is 0.505 e. The number of fused-ring (bicyclic) bond motifs is 1. The number of halogens is 1. The molecule has 0 bridgehead atoms. The predicted octanol–water partition coefficient (Wildman–Crippen LogP) is 2.87. The summed E-state index contributed by atoms with van der Waals surface area (Å²) in [5.41, 5.74) is 0.421. The molecule has 0 saturated carbocycles. The Balaban J connectivity index is 2.05. The van der Waals surface area contributed by atoms with E-state index in [0.717, 1.165) is 6.07 Å². The molecular weight excluding hydrogens is 315 g/mol. The van der Waals surface area contributed by atoms with E-state index in [2.05, 4.69) is 9.98 Å². The lowest BCUT2D eigenvalue weighted by molar-refractivity contribution is -0.138. The second-order valence-electron chi connectivity index (χ2n) is 5.17. The molecule has 0 fully saturated rings. The highest BCUT2D eigenvalue weighted by Crippen LogP contribution is 2.41. The number of rotatable bonds is 2. The summed E-state index contributed by atoms with van der Waals surface area (Å²) in [6.45, 7) is 3.62. The number of phenols is 1. The number of aliphatic imine (C=N–C) groups is 1. The van der Waals surface area contributed by atoms with E-state index in [0.29, 0.717) is 20.3 Å². The van der Waals surface area contributed by atoms with Crippen LogP contribution in [0.2, 0.25) is 0 Å². The molecule has 1 aromatic heterocycles. The number of phenolic OH excluding ortho intramolecular Hbond substituents is 1. The number of nitrogens with zero attached hydrogens (tertiary/aromatic N) is 2. The zero-order chi connectivity index (χ0) is 15.4. The molecule has 2 N–H and O–H groups in total. The second-order valence-corrected chi connectivity index (χ2v) is 7.84. The molecule has 0 aliphatic carbocycles. The molecule has 2 aromatic rings. The number of benzene rings is 1. The van der Waals surface area contributed by atoms with E-state index in [1.165, 1.54) is 29.2 Å². The predicted molar refractivity (Wildman–Crippen MR) is 80.9 cm³/mol. The van der Waals surface area contributed by atoms with Gasteiger partial charge >= 0.3 is 5.97 Å². The minimum atomic E-state index is -0.979. The highest BCUT2D eigenvalue weighted by atomic mass is 32.2. The van der Waals surface area contributed by atoms with Gasteiger partial charge in [0.2, 0.25) is 0 Å². The normalized spacial score (nSPS) is 20.7. The van der Waals surface area contributed by atoms with Crippen molar-refractivity contribution in [2.24, 2.45) is 4.99 Å². The van der Waals surface area contributed by atoms with E-state index in [4.69, 9.17) is 0 Å². The molecular formula is C13H11FN2O3S2. The quantitative estimate of drug-likeness (QED) is 0.887. The molecule has 1 aliphatic rings. The standard InChI is InChI=1S/C13H11FN2O3S2/c1-13(2)9(12(18)19)16-11(21-13)10-15-6-3-5(14)7(17)4-8(6)20-10/h3-4,9,17H,1-2H3,(H,18,19)/t9-/m1/s1. The van der Waals surface area contributed by atoms with E-state index < -0.39 is 28.3 Å². The number of carbonyl (C=O) groups is 1. The van der Waals surface area contributed by atoms with Crippen LogP contribution >= 0.6 is 23.1 Å². The number of thioether (sulfide) groups is 1. The Morgan fingerprint density at radius 1 is 1.43 bits per heavy atom. The third-order valence-electron chi connectivity index (χ3n) is 3.14. The average Bonchev–Trinajstić information content (AvgIpc) is 2.90. The lowest BCUT2D eigenvalue weighted by Crippen LogP contribution is -2.34. The Hall–Kier alpha value is -1.67. The van der Waals surface area contributed by atoms with Crippen molar-refractivity contribution in [3.63, 3.8) is 0 Å². The Morgan fingerprint density at radius 2 is 2.14 bits per heavy atom. The molecule has 0 saturated heterocycles. The third kappa shape index (κ3) is 2.38. The first kappa shape index (κ1) is 14.3. The average molecular weight is 326 g/mol. The maximum absolute atomic E-state index is 13.3. The fourth-order valence-corrected chi connectivity index (χ4v) is 4.26. The van der Waals surface area contributed by atoms with E-state index in [9.17, 15) is 19.4 Å². The minimum Gasteiger partial charge on any atom is -0.505 e. The maximum atomic E-state index is 13.3. The van der Waals surface area contributed by atoms with Crippen LogP contribution in [-0.4, -0.2) is 37.0 Å². The molecule has 0 radical (unpaired) electrons. The van der Waals surface area contributed by atoms with Gasteiger partial charge in [-0.15, -0.1) is 11.3 Å². The molecule has 21 heavy (non-hydrogen) atoms. The fraction of sp³-hybridized carbons (Fsp3) is 0.308. The molecule has 2 heterocycles. The Kier molecular flexibility index (Phi) is 3.18. The van der Waals surface area contributed by atoms with Crippen LogP contribution in [0.3, 0.4) is 0 Å². The van der Waals surface area contributed by atoms with Gasteiger partial charge in [0.05, 0.1) is 10.2 Å². The van der Waals surface area contributed by atoms with Gasteiger partial charge in [0.25, 0.3) is 0 Å². The van der Waals surface area contributed by atoms with Crippen LogP contribution < -0.4 is 0 Å². The van der Waals surface area contributed by atoms with Crippen molar-refractivity contribution in [3.05, 3.63) is 23.0 Å². The van der Waals surface area contributed by atoms with Gasteiger partial charge in [-0.1, -0.05) is 11.8 Å². The molecule has 8 heteroatoms. The van der Waals surface area contributed by atoms with Gasteiger partial charge in [0.15, 0.2) is 17.6 Å². The van der Waals surface area contributed by atoms with Gasteiger partial charge in [-0.25, -0.2) is 14.2 Å². The van der Waals surface area contributed by atoms with E-state index >= 15 is 0 Å². The molecule has 3 rings (SSSR count). The monoisotopic (exact) mass is 326 g/mol. The van der Waals surface area contributed by atoms with Gasteiger partial charge in [0, 0.05) is 16.9 Å². The molecule has 0 spiro atoms. The first-order valence-electron chi connectivity index (χ1n) is 6.07. The lowest BCUT2D eigenvalue weighted by atomic mass is 10.0. The Morgan fingerprint density at radius 3 is 2.76 bits per heavy atom. The topological polar surface area (TPSA) is 82.8 Å². The summed E-state index contributed by atoms with van der Waals surface area (Å²) in [7, 11) is 0. The summed E-state index contributed by atoms with van der Waals surface area (Å²) in [5.74, 6) is -2.14. The van der Waals surface area contributed by atoms with Crippen molar-refractivity contribution < 1.29 is 19.4 Å². The number of carboxylic acids is 1. The van der Waals surface area contributed by atoms with Crippen LogP contribution in [-0.2, 0) is 4.79 Å². The Labute approximate surface area is 127 Å². The van der Waals surface area contributed by atoms with Crippen LogP contribution in [0.4, 0.5) is 4.39 Å². The van der Waals surface area contributed by atoms with Gasteiger partial charge in [-0.2, -0.15) is 0 Å². The lowest BCUT2D eigenvalue weighted by Gasteiger charge is -2.19. The molecule has 5 nitrogen and oxygen atoms in total. The van der Waals surface area contributed by atoms with Crippen molar-refractivity contribution in [2.45, 2.75) is 24.6 Å². The van der Waals surface area contributed by atoms with Gasteiger partial charge in [-0.3, -0.25) is 4.99 Å². The summed E-state index contributed by atoms with van der Waals surface area (Å²) in [6, 6.07) is 1.63. The molecule has 0 unspecified atom stereocenters. The first-order valence-corrected chi connectivity index (χ1v) is 7.70. The summed E-state index contributed by atoms with van der Waals surface area (Å²) in [5, 5.41) is 19.7. The number of hydrogen-bond donors (Lipinski definition) is 2. The summed E-state index contributed by atoms with van der Waals surface area (Å²) in [4.78, 5) is 19.7. The summed E-state index contributed by atoms with van der Waals surface area (Å²) >= 11 is 2.59. The van der Waals surface area contributed by atoms with Crippen molar-refractivity contribution in [1.29, 1.82) is 0 Å². The molecule has 110 valence electrons. The zero-order valence-electron chi connectivity index (χ0n) is 11.1. The first-order chi connectivity index (χ1) is 9.78. The maximum Gasteiger partial charge on any atom is 0.329 e. The fourth-order valence-electron chi connectivity index (χ4n) is 2.08. The van der Waals surface area contributed by atoms with Crippen LogP contribution in [0.15, 0.2) is 17.1 Å². The second kappa shape index (κ2) is 4.67. The van der Waals surface area contributed by atoms with Gasteiger partial charge in [-0.05, 0) is 13.8 Å². The third-order valence-corrected chi connectivity index (χ3v) is 5.53. The van der Waals surface area contributed by atoms with Crippen molar-refractivity contribution in [3.8, 4) is 5.75 Å². The minimum absolute atomic E-state index is 0.421. The number of aromatic hydroxyl groups is 1. The molecule has 1 aromatic carbocycles.